The van der Waals surface area contributed by atoms with Crippen LogP contribution < -0.4 is 24.8 Å². The van der Waals surface area contributed by atoms with Crippen molar-refractivity contribution in [3.05, 3.63) is 42.0 Å². The molecule has 0 bridgehead atoms. The average Bonchev–Trinajstić information content (AvgIpc) is 3.50. The summed E-state index contributed by atoms with van der Waals surface area (Å²) < 4.78 is 22.5. The van der Waals surface area contributed by atoms with Gasteiger partial charge in [-0.1, -0.05) is 6.92 Å². The fourth-order valence-electron chi connectivity index (χ4n) is 5.37. The number of carbonyl (C=O) groups excluding carboxylic acids is 3. The summed E-state index contributed by atoms with van der Waals surface area (Å²) in [7, 11) is 1.67. The van der Waals surface area contributed by atoms with E-state index in [1.165, 1.54) is 4.90 Å². The maximum absolute atomic E-state index is 13.7. The van der Waals surface area contributed by atoms with Crippen molar-refractivity contribution < 1.29 is 38.4 Å². The van der Waals surface area contributed by atoms with Crippen LogP contribution in [0.25, 0.3) is 0 Å². The van der Waals surface area contributed by atoms with E-state index in [0.29, 0.717) is 61.3 Å². The van der Waals surface area contributed by atoms with Crippen LogP contribution in [0.4, 0.5) is 16.2 Å². The van der Waals surface area contributed by atoms with Gasteiger partial charge in [-0.15, -0.1) is 0 Å². The number of hydrogen-bond donors (Lipinski definition) is 3. The topological polar surface area (TPSA) is 142 Å². The minimum Gasteiger partial charge on any atom is -0.487 e. The van der Waals surface area contributed by atoms with Gasteiger partial charge in [0.25, 0.3) is 5.91 Å². The lowest BCUT2D eigenvalue weighted by molar-refractivity contribution is -0.116. The number of nitrogens with one attached hydrogen (secondary N) is 2. The summed E-state index contributed by atoms with van der Waals surface area (Å²) in [6.45, 7) is 7.74. The molecule has 0 spiro atoms. The van der Waals surface area contributed by atoms with Crippen molar-refractivity contribution in [2.75, 3.05) is 77.0 Å². The molecule has 0 unspecified atom stereocenters. The minimum absolute atomic E-state index is 0.141. The number of rotatable bonds is 9. The van der Waals surface area contributed by atoms with E-state index in [4.69, 9.17) is 18.9 Å². The van der Waals surface area contributed by atoms with Gasteiger partial charge in [-0.2, -0.15) is 0 Å². The number of morpholine rings is 1. The second-order valence-corrected chi connectivity index (χ2v) is 11.5. The second-order valence-electron chi connectivity index (χ2n) is 11.5. The van der Waals surface area contributed by atoms with Crippen LogP contribution in [0.5, 0.6) is 17.2 Å². The number of ether oxygens (including phenoxy) is 4. The summed E-state index contributed by atoms with van der Waals surface area (Å²) in [5.74, 6) is 0.898. The number of aliphatic hydroxyl groups excluding tert-OH is 1. The first-order valence-corrected chi connectivity index (χ1v) is 15.0. The molecule has 3 heterocycles. The lowest BCUT2D eigenvalue weighted by Gasteiger charge is -2.38. The molecule has 5 rings (SSSR count). The first-order chi connectivity index (χ1) is 21.2. The summed E-state index contributed by atoms with van der Waals surface area (Å²) in [5.41, 5.74) is 1.33. The molecule has 2 aromatic rings. The molecular formula is C31H41N5O8. The van der Waals surface area contributed by atoms with Crippen molar-refractivity contribution in [3.63, 3.8) is 0 Å². The van der Waals surface area contributed by atoms with Gasteiger partial charge < -0.3 is 44.5 Å². The van der Waals surface area contributed by atoms with Crippen LogP contribution in [-0.2, 0) is 9.53 Å². The molecule has 3 aliphatic heterocycles. The van der Waals surface area contributed by atoms with Crippen LogP contribution in [-0.4, -0.2) is 116 Å². The Kier molecular flexibility index (Phi) is 10.1. The smallest absolute Gasteiger partial charge is 0.321 e. The number of carbonyl (C=O) groups is 3. The van der Waals surface area contributed by atoms with Crippen molar-refractivity contribution in [3.8, 4) is 17.2 Å². The number of anilines is 2. The number of hydrogen-bond acceptors (Lipinski definition) is 9. The highest BCUT2D eigenvalue weighted by atomic mass is 16.7. The molecule has 0 aliphatic carbocycles. The van der Waals surface area contributed by atoms with E-state index in [1.54, 1.807) is 55.3 Å². The van der Waals surface area contributed by atoms with E-state index in [-0.39, 0.29) is 49.3 Å². The van der Waals surface area contributed by atoms with E-state index in [1.807, 2.05) is 6.92 Å². The first-order valence-electron chi connectivity index (χ1n) is 15.0. The minimum atomic E-state index is -0.475. The molecule has 13 nitrogen and oxygen atoms in total. The number of amides is 4. The first kappa shape index (κ1) is 31.4. The van der Waals surface area contributed by atoms with Gasteiger partial charge in [0.1, 0.15) is 11.9 Å². The standard InChI is InChI=1S/C31H41N5O8/c1-20-16-36(21(2)18-37)30(39)24-14-22(32-29(38)8-9-35-10-12-41-13-11-35)4-6-25(24)44-28(20)17-34(3)31(40)33-23-5-7-26-27(15-23)43-19-42-26/h4-7,14-15,20-21,28,37H,8-13,16-19H2,1-3H3,(H,32,38)(H,33,40)/t20-,21-,28-/m0/s1. The number of urea groups is 1. The molecule has 3 N–H and O–H groups in total. The second kappa shape index (κ2) is 14.1. The summed E-state index contributed by atoms with van der Waals surface area (Å²) in [4.78, 5) is 44.9. The zero-order valence-electron chi connectivity index (χ0n) is 25.4. The Labute approximate surface area is 257 Å². The summed E-state index contributed by atoms with van der Waals surface area (Å²) in [6, 6.07) is 9.39. The molecule has 0 radical (unpaired) electrons. The quantitative estimate of drug-likeness (QED) is 0.390. The van der Waals surface area contributed by atoms with Gasteiger partial charge in [-0.25, -0.2) is 4.79 Å². The number of nitrogens with zero attached hydrogens (tertiary/aromatic N) is 3. The van der Waals surface area contributed by atoms with Gasteiger partial charge in [0.2, 0.25) is 12.7 Å². The molecule has 1 saturated heterocycles. The lowest BCUT2D eigenvalue weighted by atomic mass is 9.99. The van der Waals surface area contributed by atoms with E-state index >= 15 is 0 Å². The largest absolute Gasteiger partial charge is 0.487 e. The van der Waals surface area contributed by atoms with Crippen LogP contribution in [0.3, 0.4) is 0 Å². The fourth-order valence-corrected chi connectivity index (χ4v) is 5.37. The van der Waals surface area contributed by atoms with Gasteiger partial charge in [0, 0.05) is 63.0 Å². The third-order valence-corrected chi connectivity index (χ3v) is 8.13. The van der Waals surface area contributed by atoms with Gasteiger partial charge in [0.05, 0.1) is 38.0 Å². The zero-order chi connectivity index (χ0) is 31.2. The van der Waals surface area contributed by atoms with Gasteiger partial charge in [0.15, 0.2) is 11.5 Å². The molecule has 0 saturated carbocycles. The maximum atomic E-state index is 13.7. The van der Waals surface area contributed by atoms with Crippen molar-refractivity contribution in [1.82, 2.24) is 14.7 Å². The Morgan fingerprint density at radius 2 is 1.75 bits per heavy atom. The third-order valence-electron chi connectivity index (χ3n) is 8.13. The highest BCUT2D eigenvalue weighted by Crippen LogP contribution is 2.34. The maximum Gasteiger partial charge on any atom is 0.321 e. The molecule has 0 aromatic heterocycles. The van der Waals surface area contributed by atoms with Crippen LogP contribution in [0.1, 0.15) is 30.6 Å². The Morgan fingerprint density at radius 3 is 2.50 bits per heavy atom. The van der Waals surface area contributed by atoms with Crippen molar-refractivity contribution >= 4 is 29.2 Å². The molecule has 238 valence electrons. The molecule has 1 fully saturated rings. The predicted molar refractivity (Wildman–Crippen MR) is 162 cm³/mol. The van der Waals surface area contributed by atoms with Crippen LogP contribution in [0.2, 0.25) is 0 Å². The van der Waals surface area contributed by atoms with Crippen molar-refractivity contribution in [2.24, 2.45) is 5.92 Å². The van der Waals surface area contributed by atoms with Crippen molar-refractivity contribution in [1.29, 1.82) is 0 Å². The van der Waals surface area contributed by atoms with E-state index in [0.717, 1.165) is 13.1 Å². The molecule has 2 aromatic carbocycles. The Morgan fingerprint density at radius 1 is 1.05 bits per heavy atom. The molecule has 3 aliphatic rings. The van der Waals surface area contributed by atoms with Crippen LogP contribution in [0.15, 0.2) is 36.4 Å². The summed E-state index contributed by atoms with van der Waals surface area (Å²) >= 11 is 0. The predicted octanol–water partition coefficient (Wildman–Crippen LogP) is 2.46. The average molecular weight is 612 g/mol. The fraction of sp³-hybridized carbons (Fsp3) is 0.516. The van der Waals surface area contributed by atoms with E-state index < -0.39 is 12.1 Å². The van der Waals surface area contributed by atoms with Gasteiger partial charge in [-0.05, 0) is 37.3 Å². The van der Waals surface area contributed by atoms with E-state index in [2.05, 4.69) is 15.5 Å². The number of benzene rings is 2. The van der Waals surface area contributed by atoms with Crippen LogP contribution >= 0.6 is 0 Å². The van der Waals surface area contributed by atoms with Gasteiger partial charge in [-0.3, -0.25) is 14.5 Å². The molecule has 44 heavy (non-hydrogen) atoms. The normalized spacial score (nSPS) is 20.5. The molecular weight excluding hydrogens is 570 g/mol. The summed E-state index contributed by atoms with van der Waals surface area (Å²) in [5, 5.41) is 15.7. The molecule has 4 amide bonds. The Bertz CT molecular complexity index is 1350. The monoisotopic (exact) mass is 611 g/mol. The third kappa shape index (κ3) is 7.52. The number of fused-ring (bicyclic) bond motifs is 2. The summed E-state index contributed by atoms with van der Waals surface area (Å²) in [6.07, 6.45) is -0.160. The highest BCUT2D eigenvalue weighted by Gasteiger charge is 2.34. The number of aliphatic hydroxyl groups is 1. The zero-order valence-corrected chi connectivity index (χ0v) is 25.4. The van der Waals surface area contributed by atoms with Crippen LogP contribution in [0, 0.1) is 5.92 Å². The molecule has 3 atom stereocenters. The van der Waals surface area contributed by atoms with Gasteiger partial charge >= 0.3 is 6.03 Å². The molecule has 13 heteroatoms. The van der Waals surface area contributed by atoms with E-state index in [9.17, 15) is 19.5 Å². The lowest BCUT2D eigenvalue weighted by Crippen LogP contribution is -2.50. The number of likely N-dealkylation sites (N-methyl/N-ethyl adjacent to an activating group) is 1. The Balaban J connectivity index is 1.29. The SMILES string of the molecule is C[C@H]1CN([C@@H](C)CO)C(=O)c2cc(NC(=O)CCN3CCOCC3)ccc2O[C@H]1CN(C)C(=O)Nc1ccc2c(c1)OCO2. The Hall–Kier alpha value is -4.07. The highest BCUT2D eigenvalue weighted by molar-refractivity contribution is 6.00. The van der Waals surface area contributed by atoms with Crippen molar-refractivity contribution in [2.45, 2.75) is 32.4 Å².